The fourth-order valence-corrected chi connectivity index (χ4v) is 3.66. The number of carbonyl (C=O) groups is 2. The van der Waals surface area contributed by atoms with Gasteiger partial charge in [-0.25, -0.2) is 0 Å². The third kappa shape index (κ3) is 5.09. The summed E-state index contributed by atoms with van der Waals surface area (Å²) in [6, 6.07) is 22.7. The van der Waals surface area contributed by atoms with Crippen molar-refractivity contribution >= 4 is 17.5 Å². The molecule has 164 valence electrons. The Morgan fingerprint density at radius 3 is 2.44 bits per heavy atom. The number of methoxy groups -OCH3 is 1. The number of nitrogens with zero attached hydrogens (tertiary/aromatic N) is 1. The van der Waals surface area contributed by atoms with Gasteiger partial charge in [-0.2, -0.15) is 0 Å². The number of amides is 2. The van der Waals surface area contributed by atoms with Crippen LogP contribution in [0.15, 0.2) is 72.8 Å². The van der Waals surface area contributed by atoms with Crippen molar-refractivity contribution in [2.45, 2.75) is 26.0 Å². The minimum atomic E-state index is -0.197. The van der Waals surface area contributed by atoms with E-state index in [4.69, 9.17) is 9.47 Å². The monoisotopic (exact) mass is 430 g/mol. The largest absolute Gasteiger partial charge is 0.493 e. The van der Waals surface area contributed by atoms with Gasteiger partial charge in [-0.1, -0.05) is 42.5 Å². The van der Waals surface area contributed by atoms with Crippen molar-refractivity contribution in [3.8, 4) is 11.5 Å². The van der Waals surface area contributed by atoms with Crippen molar-refractivity contribution in [1.29, 1.82) is 0 Å². The smallest absolute Gasteiger partial charge is 0.251 e. The molecule has 3 aromatic carbocycles. The Kier molecular flexibility index (Phi) is 6.70. The maximum atomic E-state index is 12.6. The minimum Gasteiger partial charge on any atom is -0.493 e. The summed E-state index contributed by atoms with van der Waals surface area (Å²) in [5.41, 5.74) is 3.41. The highest BCUT2D eigenvalue weighted by atomic mass is 16.5. The fraction of sp³-hybridized carbons (Fsp3) is 0.231. The summed E-state index contributed by atoms with van der Waals surface area (Å²) >= 11 is 0. The first-order valence-corrected chi connectivity index (χ1v) is 10.7. The Hall–Kier alpha value is -3.80. The quantitative estimate of drug-likeness (QED) is 0.578. The molecule has 3 aromatic rings. The van der Waals surface area contributed by atoms with Crippen LogP contribution in [0.25, 0.3) is 0 Å². The predicted molar refractivity (Wildman–Crippen MR) is 123 cm³/mol. The number of carbonyl (C=O) groups excluding carboxylic acids is 2. The first-order valence-electron chi connectivity index (χ1n) is 10.7. The number of nitrogens with one attached hydrogen (secondary N) is 1. The van der Waals surface area contributed by atoms with Crippen molar-refractivity contribution in [2.24, 2.45) is 0 Å². The molecule has 0 atom stereocenters. The van der Waals surface area contributed by atoms with Gasteiger partial charge in [0, 0.05) is 30.8 Å². The van der Waals surface area contributed by atoms with Gasteiger partial charge in [0.05, 0.1) is 7.11 Å². The molecule has 1 fully saturated rings. The molecule has 0 radical (unpaired) electrons. The molecule has 1 N–H and O–H groups in total. The molecule has 1 aliphatic rings. The highest BCUT2D eigenvalue weighted by molar-refractivity contribution is 5.95. The van der Waals surface area contributed by atoms with Crippen LogP contribution in [-0.4, -0.2) is 25.5 Å². The lowest BCUT2D eigenvalue weighted by molar-refractivity contribution is -0.117. The van der Waals surface area contributed by atoms with Crippen molar-refractivity contribution in [1.82, 2.24) is 5.32 Å². The first-order chi connectivity index (χ1) is 15.6. The fourth-order valence-electron chi connectivity index (χ4n) is 3.66. The SMILES string of the molecule is COc1cc(C(=O)NCc2ccc(N3CCCC3=O)cc2)ccc1OCc1ccccc1. The molecule has 0 saturated carbocycles. The van der Waals surface area contributed by atoms with Gasteiger partial charge in [0.15, 0.2) is 11.5 Å². The Morgan fingerprint density at radius 2 is 1.75 bits per heavy atom. The zero-order chi connectivity index (χ0) is 22.3. The van der Waals surface area contributed by atoms with Crippen LogP contribution in [0, 0.1) is 0 Å². The summed E-state index contributed by atoms with van der Waals surface area (Å²) in [4.78, 5) is 26.3. The summed E-state index contributed by atoms with van der Waals surface area (Å²) in [6.07, 6.45) is 1.51. The van der Waals surface area contributed by atoms with E-state index in [-0.39, 0.29) is 11.8 Å². The van der Waals surface area contributed by atoms with Gasteiger partial charge in [-0.15, -0.1) is 0 Å². The number of rotatable bonds is 8. The predicted octanol–water partition coefficient (Wildman–Crippen LogP) is 4.33. The van der Waals surface area contributed by atoms with Crippen LogP contribution in [0.1, 0.15) is 34.3 Å². The maximum Gasteiger partial charge on any atom is 0.251 e. The van der Waals surface area contributed by atoms with Gasteiger partial charge in [0.25, 0.3) is 5.91 Å². The topological polar surface area (TPSA) is 67.9 Å². The first kappa shape index (κ1) is 21.4. The van der Waals surface area contributed by atoms with E-state index >= 15 is 0 Å². The van der Waals surface area contributed by atoms with E-state index in [0.29, 0.717) is 36.6 Å². The normalized spacial score (nSPS) is 13.2. The van der Waals surface area contributed by atoms with Gasteiger partial charge in [0.1, 0.15) is 6.61 Å². The van der Waals surface area contributed by atoms with Crippen LogP contribution in [0.4, 0.5) is 5.69 Å². The lowest BCUT2D eigenvalue weighted by Gasteiger charge is -2.16. The van der Waals surface area contributed by atoms with Gasteiger partial charge < -0.3 is 19.7 Å². The number of benzene rings is 3. The second-order valence-electron chi connectivity index (χ2n) is 7.64. The van der Waals surface area contributed by atoms with E-state index in [9.17, 15) is 9.59 Å². The molecule has 1 heterocycles. The van der Waals surface area contributed by atoms with E-state index < -0.39 is 0 Å². The average Bonchev–Trinajstić information content (AvgIpc) is 3.27. The molecule has 0 aliphatic carbocycles. The zero-order valence-corrected chi connectivity index (χ0v) is 18.0. The lowest BCUT2D eigenvalue weighted by atomic mass is 10.1. The maximum absolute atomic E-state index is 12.6. The summed E-state index contributed by atoms with van der Waals surface area (Å²) in [5.74, 6) is 1.06. The van der Waals surface area contributed by atoms with E-state index in [1.807, 2.05) is 54.6 Å². The van der Waals surface area contributed by atoms with Crippen LogP contribution in [0.5, 0.6) is 11.5 Å². The molecule has 0 spiro atoms. The van der Waals surface area contributed by atoms with Crippen LogP contribution in [-0.2, 0) is 17.9 Å². The van der Waals surface area contributed by atoms with E-state index in [2.05, 4.69) is 5.32 Å². The third-order valence-corrected chi connectivity index (χ3v) is 5.44. The number of hydrogen-bond acceptors (Lipinski definition) is 4. The molecular formula is C26H26N2O4. The third-order valence-electron chi connectivity index (χ3n) is 5.44. The van der Waals surface area contributed by atoms with E-state index in [0.717, 1.165) is 29.8 Å². The Morgan fingerprint density at radius 1 is 0.969 bits per heavy atom. The standard InChI is InChI=1S/C26H26N2O4/c1-31-24-16-21(11-14-23(24)32-18-20-6-3-2-4-7-20)26(30)27-17-19-9-12-22(13-10-19)28-15-5-8-25(28)29/h2-4,6-7,9-14,16H,5,8,15,17-18H2,1H3,(H,27,30). The molecule has 32 heavy (non-hydrogen) atoms. The van der Waals surface area contributed by atoms with Crippen LogP contribution in [0.3, 0.4) is 0 Å². The van der Waals surface area contributed by atoms with E-state index in [1.54, 1.807) is 30.2 Å². The summed E-state index contributed by atoms with van der Waals surface area (Å²) < 4.78 is 11.3. The number of anilines is 1. The Bertz CT molecular complexity index is 1080. The molecule has 1 aliphatic heterocycles. The molecular weight excluding hydrogens is 404 g/mol. The van der Waals surface area contributed by atoms with Crippen molar-refractivity contribution < 1.29 is 19.1 Å². The second-order valence-corrected chi connectivity index (χ2v) is 7.64. The molecule has 6 heteroatoms. The number of hydrogen-bond donors (Lipinski definition) is 1. The van der Waals surface area contributed by atoms with Crippen molar-refractivity contribution in [3.05, 3.63) is 89.5 Å². The van der Waals surface area contributed by atoms with Crippen LogP contribution >= 0.6 is 0 Å². The zero-order valence-electron chi connectivity index (χ0n) is 18.0. The van der Waals surface area contributed by atoms with Gasteiger partial charge in [-0.05, 0) is 47.9 Å². The van der Waals surface area contributed by atoms with E-state index in [1.165, 1.54) is 0 Å². The lowest BCUT2D eigenvalue weighted by Crippen LogP contribution is -2.24. The summed E-state index contributed by atoms with van der Waals surface area (Å²) in [5, 5.41) is 2.93. The average molecular weight is 431 g/mol. The van der Waals surface area contributed by atoms with Gasteiger partial charge >= 0.3 is 0 Å². The molecule has 1 saturated heterocycles. The molecule has 4 rings (SSSR count). The highest BCUT2D eigenvalue weighted by Gasteiger charge is 2.21. The number of ether oxygens (including phenoxy) is 2. The van der Waals surface area contributed by atoms with Gasteiger partial charge in [0.2, 0.25) is 5.91 Å². The summed E-state index contributed by atoms with van der Waals surface area (Å²) in [6.45, 7) is 1.57. The Labute approximate surface area is 187 Å². The molecule has 0 aromatic heterocycles. The van der Waals surface area contributed by atoms with Crippen LogP contribution in [0.2, 0.25) is 0 Å². The van der Waals surface area contributed by atoms with Crippen LogP contribution < -0.4 is 19.7 Å². The van der Waals surface area contributed by atoms with Crippen molar-refractivity contribution in [3.63, 3.8) is 0 Å². The second kappa shape index (κ2) is 10.0. The molecule has 0 bridgehead atoms. The molecule has 2 amide bonds. The minimum absolute atomic E-state index is 0.163. The molecule has 0 unspecified atom stereocenters. The summed E-state index contributed by atoms with van der Waals surface area (Å²) in [7, 11) is 1.55. The molecule has 6 nitrogen and oxygen atoms in total. The van der Waals surface area contributed by atoms with Gasteiger partial charge in [-0.3, -0.25) is 9.59 Å². The highest BCUT2D eigenvalue weighted by Crippen LogP contribution is 2.29. The Balaban J connectivity index is 1.35. The van der Waals surface area contributed by atoms with Crippen molar-refractivity contribution in [2.75, 3.05) is 18.6 Å².